The van der Waals surface area contributed by atoms with E-state index in [1.165, 1.54) is 5.56 Å². The molecule has 1 atom stereocenters. The van der Waals surface area contributed by atoms with Gasteiger partial charge in [0.25, 0.3) is 0 Å². The Bertz CT molecular complexity index is 373. The van der Waals surface area contributed by atoms with Crippen LogP contribution in [-0.2, 0) is 6.54 Å². The summed E-state index contributed by atoms with van der Waals surface area (Å²) in [5, 5.41) is 12.0. The highest BCUT2D eigenvalue weighted by Crippen LogP contribution is 2.21. The molecule has 1 aromatic heterocycles. The Hall–Kier alpha value is -1.27. The minimum Gasteiger partial charge on any atom is -0.354 e. The third-order valence-corrected chi connectivity index (χ3v) is 3.18. The summed E-state index contributed by atoms with van der Waals surface area (Å²) in [5.41, 5.74) is 1.37. The van der Waals surface area contributed by atoms with Crippen molar-refractivity contribution < 1.29 is 0 Å². The molecule has 3 nitrogen and oxygen atoms in total. The van der Waals surface area contributed by atoms with E-state index >= 15 is 0 Å². The van der Waals surface area contributed by atoms with E-state index in [0.717, 1.165) is 25.9 Å². The molecule has 1 rings (SSSR count). The van der Waals surface area contributed by atoms with E-state index in [4.69, 9.17) is 5.26 Å². The maximum Gasteiger partial charge on any atom is 0.0621 e. The predicted octanol–water partition coefficient (Wildman–Crippen LogP) is 3.49. The largest absolute Gasteiger partial charge is 0.354 e. The molecule has 0 bridgehead atoms. The fraction of sp³-hybridized carbons (Fsp3) is 0.667. The normalized spacial score (nSPS) is 12.6. The number of hydrogen-bond donors (Lipinski definition) is 1. The molecule has 0 saturated carbocycles. The molecular formula is C15H25N3. The third kappa shape index (κ3) is 4.54. The van der Waals surface area contributed by atoms with Crippen molar-refractivity contribution >= 4 is 0 Å². The molecule has 1 aromatic rings. The fourth-order valence-electron chi connectivity index (χ4n) is 2.24. The van der Waals surface area contributed by atoms with Crippen LogP contribution in [0, 0.1) is 17.2 Å². The van der Waals surface area contributed by atoms with Crippen molar-refractivity contribution in [2.24, 2.45) is 5.92 Å². The zero-order valence-corrected chi connectivity index (χ0v) is 11.8. The molecule has 0 aliphatic heterocycles. The van der Waals surface area contributed by atoms with Gasteiger partial charge >= 0.3 is 0 Å². The molecule has 0 radical (unpaired) electrons. The second-order valence-corrected chi connectivity index (χ2v) is 5.08. The Labute approximate surface area is 111 Å². The number of aromatic nitrogens is 1. The molecule has 0 fully saturated rings. The van der Waals surface area contributed by atoms with E-state index in [0.29, 0.717) is 18.4 Å². The minimum atomic E-state index is 0.440. The van der Waals surface area contributed by atoms with Crippen LogP contribution in [0.2, 0.25) is 0 Å². The van der Waals surface area contributed by atoms with E-state index in [2.05, 4.69) is 55.2 Å². The van der Waals surface area contributed by atoms with Crippen molar-refractivity contribution in [2.45, 2.75) is 52.6 Å². The van der Waals surface area contributed by atoms with Crippen LogP contribution < -0.4 is 5.32 Å². The van der Waals surface area contributed by atoms with Crippen LogP contribution in [-0.4, -0.2) is 11.1 Å². The van der Waals surface area contributed by atoms with Gasteiger partial charge in [0, 0.05) is 31.4 Å². The van der Waals surface area contributed by atoms with Gasteiger partial charge in [0.15, 0.2) is 0 Å². The van der Waals surface area contributed by atoms with E-state index in [9.17, 15) is 0 Å². The summed E-state index contributed by atoms with van der Waals surface area (Å²) >= 11 is 0. The van der Waals surface area contributed by atoms with Crippen LogP contribution in [0.3, 0.4) is 0 Å². The highest BCUT2D eigenvalue weighted by molar-refractivity contribution is 5.16. The Morgan fingerprint density at radius 2 is 2.17 bits per heavy atom. The molecular weight excluding hydrogens is 222 g/mol. The van der Waals surface area contributed by atoms with E-state index < -0.39 is 0 Å². The van der Waals surface area contributed by atoms with Crippen LogP contribution >= 0.6 is 0 Å². The summed E-state index contributed by atoms with van der Waals surface area (Å²) in [6.07, 6.45) is 7.12. The zero-order valence-electron chi connectivity index (χ0n) is 11.8. The monoisotopic (exact) mass is 247 g/mol. The average Bonchev–Trinajstić information content (AvgIpc) is 2.79. The average molecular weight is 247 g/mol. The van der Waals surface area contributed by atoms with E-state index in [1.54, 1.807) is 0 Å². The highest BCUT2D eigenvalue weighted by atomic mass is 15.0. The Balaban J connectivity index is 2.53. The molecule has 0 spiro atoms. The maximum absolute atomic E-state index is 8.50. The van der Waals surface area contributed by atoms with Crippen LogP contribution in [0.1, 0.15) is 51.6 Å². The third-order valence-electron chi connectivity index (χ3n) is 3.18. The number of hydrogen-bond acceptors (Lipinski definition) is 2. The molecule has 100 valence electrons. The Morgan fingerprint density at radius 3 is 2.78 bits per heavy atom. The van der Waals surface area contributed by atoms with Gasteiger partial charge in [-0.1, -0.05) is 20.8 Å². The lowest BCUT2D eigenvalue weighted by molar-refractivity contribution is 0.421. The smallest absolute Gasteiger partial charge is 0.0621 e. The van der Waals surface area contributed by atoms with Crippen molar-refractivity contribution in [3.63, 3.8) is 0 Å². The van der Waals surface area contributed by atoms with Crippen LogP contribution in [0.5, 0.6) is 0 Å². The Morgan fingerprint density at radius 1 is 1.39 bits per heavy atom. The van der Waals surface area contributed by atoms with Gasteiger partial charge in [-0.3, -0.25) is 0 Å². The van der Waals surface area contributed by atoms with Gasteiger partial charge in [0.05, 0.1) is 6.07 Å². The molecule has 18 heavy (non-hydrogen) atoms. The van der Waals surface area contributed by atoms with Gasteiger partial charge in [-0.05, 0) is 36.9 Å². The highest BCUT2D eigenvalue weighted by Gasteiger charge is 2.15. The first-order valence-electron chi connectivity index (χ1n) is 6.95. The summed E-state index contributed by atoms with van der Waals surface area (Å²) in [4.78, 5) is 0. The number of nitrogens with one attached hydrogen (secondary N) is 1. The van der Waals surface area contributed by atoms with Crippen molar-refractivity contribution in [3.8, 4) is 6.07 Å². The van der Waals surface area contributed by atoms with Gasteiger partial charge in [-0.25, -0.2) is 0 Å². The second-order valence-electron chi connectivity index (χ2n) is 5.08. The van der Waals surface area contributed by atoms with Crippen LogP contribution in [0.15, 0.2) is 18.5 Å². The lowest BCUT2D eigenvalue weighted by Crippen LogP contribution is -2.25. The van der Waals surface area contributed by atoms with Crippen LogP contribution in [0.4, 0.5) is 0 Å². The second kappa shape index (κ2) is 7.94. The predicted molar refractivity (Wildman–Crippen MR) is 75.2 cm³/mol. The number of rotatable bonds is 8. The first-order valence-corrected chi connectivity index (χ1v) is 6.95. The lowest BCUT2D eigenvalue weighted by atomic mass is 9.98. The van der Waals surface area contributed by atoms with Gasteiger partial charge in [0.1, 0.15) is 0 Å². The fourth-order valence-corrected chi connectivity index (χ4v) is 2.24. The molecule has 0 amide bonds. The van der Waals surface area contributed by atoms with Crippen LogP contribution in [0.25, 0.3) is 0 Å². The lowest BCUT2D eigenvalue weighted by Gasteiger charge is -2.20. The molecule has 0 saturated heterocycles. The van der Waals surface area contributed by atoms with E-state index in [-0.39, 0.29) is 0 Å². The number of nitrogens with zero attached hydrogens (tertiary/aromatic N) is 2. The number of aryl methyl sites for hydroxylation is 1. The zero-order chi connectivity index (χ0) is 13.4. The van der Waals surface area contributed by atoms with Crippen molar-refractivity contribution in [2.75, 3.05) is 6.54 Å². The Kier molecular flexibility index (Phi) is 6.53. The number of unbranched alkanes of at least 4 members (excludes halogenated alkanes) is 2. The first-order chi connectivity index (χ1) is 8.69. The molecule has 0 aromatic carbocycles. The van der Waals surface area contributed by atoms with Gasteiger partial charge in [-0.15, -0.1) is 0 Å². The summed E-state index contributed by atoms with van der Waals surface area (Å²) in [6.45, 7) is 8.65. The summed E-state index contributed by atoms with van der Waals surface area (Å²) < 4.78 is 2.24. The van der Waals surface area contributed by atoms with Crippen molar-refractivity contribution in [1.29, 1.82) is 5.26 Å². The van der Waals surface area contributed by atoms with Gasteiger partial charge in [-0.2, -0.15) is 5.26 Å². The quantitative estimate of drug-likeness (QED) is 0.714. The SMILES string of the molecule is CCNC(c1ccn(CCCCC#N)c1)C(C)C. The molecule has 1 unspecified atom stereocenters. The molecule has 3 heteroatoms. The molecule has 0 aliphatic rings. The summed E-state index contributed by atoms with van der Waals surface area (Å²) in [7, 11) is 0. The van der Waals surface area contributed by atoms with E-state index in [1.807, 2.05) is 0 Å². The number of nitriles is 1. The molecule has 0 aliphatic carbocycles. The summed E-state index contributed by atoms with van der Waals surface area (Å²) in [6, 6.07) is 4.84. The molecule has 1 heterocycles. The minimum absolute atomic E-state index is 0.440. The van der Waals surface area contributed by atoms with Crippen molar-refractivity contribution in [3.05, 3.63) is 24.0 Å². The maximum atomic E-state index is 8.50. The first kappa shape index (κ1) is 14.8. The van der Waals surface area contributed by atoms with Gasteiger partial charge in [0.2, 0.25) is 0 Å². The molecule has 1 N–H and O–H groups in total. The van der Waals surface area contributed by atoms with Gasteiger partial charge < -0.3 is 9.88 Å². The standard InChI is InChI=1S/C15H25N3/c1-4-17-15(13(2)3)14-8-11-18(12-14)10-7-5-6-9-16/h8,11-13,15,17H,4-7,10H2,1-3H3. The summed E-state index contributed by atoms with van der Waals surface area (Å²) in [5.74, 6) is 0.597. The topological polar surface area (TPSA) is 40.8 Å². The van der Waals surface area contributed by atoms with Crippen molar-refractivity contribution in [1.82, 2.24) is 9.88 Å².